The maximum absolute atomic E-state index is 11.7. The van der Waals surface area contributed by atoms with Crippen molar-refractivity contribution in [3.63, 3.8) is 0 Å². The van der Waals surface area contributed by atoms with E-state index in [1.54, 1.807) is 6.07 Å². The van der Waals surface area contributed by atoms with Crippen molar-refractivity contribution in [3.8, 4) is 0 Å². The summed E-state index contributed by atoms with van der Waals surface area (Å²) < 4.78 is 0. The zero-order chi connectivity index (χ0) is 14.4. The van der Waals surface area contributed by atoms with Gasteiger partial charge in [0.15, 0.2) is 0 Å². The molecule has 106 valence electrons. The lowest BCUT2D eigenvalue weighted by molar-refractivity contribution is 0.547. The summed E-state index contributed by atoms with van der Waals surface area (Å²) in [4.78, 5) is 19.0. The van der Waals surface area contributed by atoms with Crippen molar-refractivity contribution < 1.29 is 0 Å². The van der Waals surface area contributed by atoms with Gasteiger partial charge in [-0.2, -0.15) is 0 Å². The zero-order valence-corrected chi connectivity index (χ0v) is 12.0. The number of aromatic nitrogens is 2. The second-order valence-electron chi connectivity index (χ2n) is 5.37. The molecule has 1 aromatic carbocycles. The highest BCUT2D eigenvalue weighted by atomic mass is 16.1. The summed E-state index contributed by atoms with van der Waals surface area (Å²) in [6, 6.07) is 11.6. The normalized spacial score (nSPS) is 10.9. The molecular weight excluding hydrogens is 250 g/mol. The van der Waals surface area contributed by atoms with E-state index in [0.29, 0.717) is 24.7 Å². The van der Waals surface area contributed by atoms with Crippen LogP contribution in [-0.4, -0.2) is 16.5 Å². The van der Waals surface area contributed by atoms with Gasteiger partial charge in [0.2, 0.25) is 0 Å². The van der Waals surface area contributed by atoms with E-state index in [1.807, 2.05) is 30.3 Å². The van der Waals surface area contributed by atoms with Crippen LogP contribution in [0.2, 0.25) is 0 Å². The number of aromatic amines is 1. The van der Waals surface area contributed by atoms with E-state index >= 15 is 0 Å². The number of hydrogen-bond donors (Lipinski definition) is 2. The summed E-state index contributed by atoms with van der Waals surface area (Å²) in [7, 11) is 0. The largest absolute Gasteiger partial charge is 0.311 e. The minimum atomic E-state index is -0.0905. The molecule has 0 bridgehead atoms. The van der Waals surface area contributed by atoms with Crippen LogP contribution in [0.4, 0.5) is 0 Å². The third-order valence-corrected chi connectivity index (χ3v) is 2.92. The minimum Gasteiger partial charge on any atom is -0.311 e. The van der Waals surface area contributed by atoms with Crippen molar-refractivity contribution in [2.75, 3.05) is 6.54 Å². The average Bonchev–Trinajstić information content (AvgIpc) is 2.38. The quantitative estimate of drug-likeness (QED) is 0.846. The zero-order valence-electron chi connectivity index (χ0n) is 12.0. The molecule has 1 aromatic heterocycles. The van der Waals surface area contributed by atoms with Gasteiger partial charge in [-0.05, 0) is 18.0 Å². The SMILES string of the molecule is CC(C)CNCc1cc(=O)[nH]c(Cc2ccccc2)n1. The first-order valence-electron chi connectivity index (χ1n) is 6.97. The standard InChI is InChI=1S/C16H21N3O/c1-12(2)10-17-11-14-9-16(20)19-15(18-14)8-13-6-4-3-5-7-13/h3-7,9,12,17H,8,10-11H2,1-2H3,(H,18,19,20). The summed E-state index contributed by atoms with van der Waals surface area (Å²) in [6.07, 6.45) is 0.647. The molecular formula is C16H21N3O. The topological polar surface area (TPSA) is 57.8 Å². The Hall–Kier alpha value is -1.94. The van der Waals surface area contributed by atoms with Gasteiger partial charge >= 0.3 is 0 Å². The van der Waals surface area contributed by atoms with Crippen LogP contribution in [0, 0.1) is 5.92 Å². The second kappa shape index (κ2) is 7.01. The molecule has 4 heteroatoms. The molecule has 20 heavy (non-hydrogen) atoms. The molecule has 0 saturated heterocycles. The van der Waals surface area contributed by atoms with Crippen molar-refractivity contribution in [3.05, 3.63) is 63.8 Å². The maximum Gasteiger partial charge on any atom is 0.251 e. The molecule has 0 atom stereocenters. The lowest BCUT2D eigenvalue weighted by atomic mass is 10.1. The van der Waals surface area contributed by atoms with Crippen LogP contribution in [0.25, 0.3) is 0 Å². The van der Waals surface area contributed by atoms with Crippen LogP contribution in [0.5, 0.6) is 0 Å². The Morgan fingerprint density at radius 1 is 1.25 bits per heavy atom. The Labute approximate surface area is 119 Å². The van der Waals surface area contributed by atoms with Gasteiger partial charge in [-0.25, -0.2) is 4.98 Å². The predicted molar refractivity (Wildman–Crippen MR) is 80.7 cm³/mol. The summed E-state index contributed by atoms with van der Waals surface area (Å²) in [6.45, 7) is 5.85. The number of rotatable bonds is 6. The fraction of sp³-hybridized carbons (Fsp3) is 0.375. The number of benzene rings is 1. The maximum atomic E-state index is 11.7. The van der Waals surface area contributed by atoms with E-state index in [2.05, 4.69) is 29.1 Å². The van der Waals surface area contributed by atoms with Crippen LogP contribution in [-0.2, 0) is 13.0 Å². The first kappa shape index (κ1) is 14.5. The third-order valence-electron chi connectivity index (χ3n) is 2.92. The molecule has 0 unspecified atom stereocenters. The highest BCUT2D eigenvalue weighted by Crippen LogP contribution is 2.04. The summed E-state index contributed by atoms with van der Waals surface area (Å²) in [5.41, 5.74) is 1.84. The van der Waals surface area contributed by atoms with Crippen LogP contribution < -0.4 is 10.9 Å². The molecule has 0 fully saturated rings. The number of nitrogens with zero attached hydrogens (tertiary/aromatic N) is 1. The smallest absolute Gasteiger partial charge is 0.251 e. The average molecular weight is 271 g/mol. The van der Waals surface area contributed by atoms with Crippen molar-refractivity contribution in [1.82, 2.24) is 15.3 Å². The van der Waals surface area contributed by atoms with Gasteiger partial charge in [0.05, 0.1) is 5.69 Å². The molecule has 0 aliphatic rings. The molecule has 2 N–H and O–H groups in total. The van der Waals surface area contributed by atoms with Crippen LogP contribution in [0.3, 0.4) is 0 Å². The van der Waals surface area contributed by atoms with Crippen LogP contribution >= 0.6 is 0 Å². The Kier molecular flexibility index (Phi) is 5.07. The first-order valence-corrected chi connectivity index (χ1v) is 6.97. The van der Waals surface area contributed by atoms with Gasteiger partial charge in [0.1, 0.15) is 5.82 Å². The Morgan fingerprint density at radius 2 is 2.00 bits per heavy atom. The molecule has 2 aromatic rings. The van der Waals surface area contributed by atoms with Crippen molar-refractivity contribution in [1.29, 1.82) is 0 Å². The lowest BCUT2D eigenvalue weighted by Crippen LogP contribution is -2.22. The summed E-state index contributed by atoms with van der Waals surface area (Å²) in [5, 5.41) is 3.30. The van der Waals surface area contributed by atoms with E-state index in [-0.39, 0.29) is 5.56 Å². The van der Waals surface area contributed by atoms with Gasteiger partial charge in [0.25, 0.3) is 5.56 Å². The molecule has 2 rings (SSSR count). The fourth-order valence-corrected chi connectivity index (χ4v) is 2.02. The third kappa shape index (κ3) is 4.63. The van der Waals surface area contributed by atoms with E-state index in [9.17, 15) is 4.79 Å². The highest BCUT2D eigenvalue weighted by molar-refractivity contribution is 5.19. The molecule has 0 aliphatic carbocycles. The number of nitrogens with one attached hydrogen (secondary N) is 2. The summed E-state index contributed by atoms with van der Waals surface area (Å²) in [5.74, 6) is 1.30. The Bertz CT molecular complexity index is 590. The van der Waals surface area contributed by atoms with Gasteiger partial charge in [0, 0.05) is 19.0 Å². The van der Waals surface area contributed by atoms with Gasteiger partial charge in [-0.3, -0.25) is 4.79 Å². The molecule has 0 saturated carbocycles. The molecule has 4 nitrogen and oxygen atoms in total. The lowest BCUT2D eigenvalue weighted by Gasteiger charge is -2.08. The predicted octanol–water partition coefficient (Wildman–Crippen LogP) is 2.11. The fourth-order valence-electron chi connectivity index (χ4n) is 2.02. The van der Waals surface area contributed by atoms with E-state index in [1.165, 1.54) is 0 Å². The van der Waals surface area contributed by atoms with E-state index in [0.717, 1.165) is 17.8 Å². The van der Waals surface area contributed by atoms with Crippen LogP contribution in [0.15, 0.2) is 41.2 Å². The monoisotopic (exact) mass is 271 g/mol. The first-order chi connectivity index (χ1) is 9.63. The van der Waals surface area contributed by atoms with Crippen LogP contribution in [0.1, 0.15) is 30.9 Å². The second-order valence-corrected chi connectivity index (χ2v) is 5.37. The molecule has 0 spiro atoms. The number of hydrogen-bond acceptors (Lipinski definition) is 3. The van der Waals surface area contributed by atoms with Gasteiger partial charge in [-0.1, -0.05) is 44.2 Å². The summed E-state index contributed by atoms with van der Waals surface area (Å²) >= 11 is 0. The number of H-pyrrole nitrogens is 1. The van der Waals surface area contributed by atoms with Crippen molar-refractivity contribution >= 4 is 0 Å². The molecule has 0 amide bonds. The van der Waals surface area contributed by atoms with E-state index < -0.39 is 0 Å². The van der Waals surface area contributed by atoms with Crippen molar-refractivity contribution in [2.24, 2.45) is 5.92 Å². The highest BCUT2D eigenvalue weighted by Gasteiger charge is 2.03. The minimum absolute atomic E-state index is 0.0905. The molecule has 0 radical (unpaired) electrons. The van der Waals surface area contributed by atoms with Gasteiger partial charge in [-0.15, -0.1) is 0 Å². The Balaban J connectivity index is 2.06. The van der Waals surface area contributed by atoms with Crippen molar-refractivity contribution in [2.45, 2.75) is 26.8 Å². The molecule has 0 aliphatic heterocycles. The Morgan fingerprint density at radius 3 is 2.70 bits per heavy atom. The van der Waals surface area contributed by atoms with Gasteiger partial charge < -0.3 is 10.3 Å². The van der Waals surface area contributed by atoms with E-state index in [4.69, 9.17) is 0 Å². The molecule has 1 heterocycles.